The fourth-order valence-corrected chi connectivity index (χ4v) is 1.69. The van der Waals surface area contributed by atoms with Gasteiger partial charge in [-0.1, -0.05) is 39.5 Å². The van der Waals surface area contributed by atoms with E-state index in [0.717, 1.165) is 25.4 Å². The zero-order valence-electron chi connectivity index (χ0n) is 11.8. The molecule has 0 atom stereocenters. The minimum Gasteiger partial charge on any atom is -0.326 e. The molecule has 0 aromatic carbocycles. The van der Waals surface area contributed by atoms with Crippen molar-refractivity contribution in [2.45, 2.75) is 71.8 Å². The molecule has 0 unspecified atom stereocenters. The molecule has 0 radical (unpaired) electrons. The molecular weight excluding hydrogens is 196 g/mol. The Bertz CT molecular complexity index is 147. The van der Waals surface area contributed by atoms with Crippen LogP contribution >= 0.6 is 0 Å². The summed E-state index contributed by atoms with van der Waals surface area (Å²) in [5.74, 6) is 0.866. The van der Waals surface area contributed by atoms with Gasteiger partial charge in [0, 0.05) is 5.54 Å². The van der Waals surface area contributed by atoms with Crippen LogP contribution in [-0.4, -0.2) is 18.6 Å². The van der Waals surface area contributed by atoms with Crippen molar-refractivity contribution in [1.82, 2.24) is 5.32 Å². The number of unbranched alkanes of at least 4 members (excludes halogenated alkanes) is 3. The Morgan fingerprint density at radius 1 is 1.00 bits per heavy atom. The molecule has 0 heterocycles. The summed E-state index contributed by atoms with van der Waals surface area (Å²) in [4.78, 5) is 0. The lowest BCUT2D eigenvalue weighted by atomic mass is 10.0. The van der Waals surface area contributed by atoms with E-state index in [0.29, 0.717) is 0 Å². The number of nitrogens with two attached hydrogens (primary N) is 1. The molecule has 0 saturated heterocycles. The molecule has 0 spiro atoms. The topological polar surface area (TPSA) is 38.0 Å². The van der Waals surface area contributed by atoms with Crippen molar-refractivity contribution < 1.29 is 0 Å². The van der Waals surface area contributed by atoms with Crippen LogP contribution in [0.15, 0.2) is 0 Å². The first-order chi connectivity index (χ1) is 7.42. The second-order valence-electron chi connectivity index (χ2n) is 6.09. The Kier molecular flexibility index (Phi) is 8.96. The normalized spacial score (nSPS) is 12.4. The largest absolute Gasteiger partial charge is 0.326 e. The van der Waals surface area contributed by atoms with E-state index in [1.807, 2.05) is 0 Å². The van der Waals surface area contributed by atoms with Crippen LogP contribution in [0.25, 0.3) is 0 Å². The summed E-state index contributed by atoms with van der Waals surface area (Å²) < 4.78 is 0. The summed E-state index contributed by atoms with van der Waals surface area (Å²) >= 11 is 0. The first-order valence-electron chi connectivity index (χ1n) is 6.91. The third kappa shape index (κ3) is 13.9. The molecule has 0 amide bonds. The lowest BCUT2D eigenvalue weighted by Crippen LogP contribution is -2.35. The fourth-order valence-electron chi connectivity index (χ4n) is 1.69. The molecule has 0 fully saturated rings. The van der Waals surface area contributed by atoms with Crippen LogP contribution in [-0.2, 0) is 0 Å². The van der Waals surface area contributed by atoms with Gasteiger partial charge in [-0.15, -0.1) is 0 Å². The predicted molar refractivity (Wildman–Crippen MR) is 73.7 cm³/mol. The van der Waals surface area contributed by atoms with E-state index in [1.54, 1.807) is 0 Å². The van der Waals surface area contributed by atoms with Gasteiger partial charge in [0.25, 0.3) is 0 Å². The maximum absolute atomic E-state index is 5.90. The van der Waals surface area contributed by atoms with E-state index in [9.17, 15) is 0 Å². The summed E-state index contributed by atoms with van der Waals surface area (Å²) in [6.45, 7) is 11.0. The highest BCUT2D eigenvalue weighted by molar-refractivity contribution is 4.72. The van der Waals surface area contributed by atoms with E-state index in [1.165, 1.54) is 32.1 Å². The van der Waals surface area contributed by atoms with Gasteiger partial charge in [-0.2, -0.15) is 0 Å². The molecular formula is C14H32N2. The number of hydrogen-bond donors (Lipinski definition) is 2. The lowest BCUT2D eigenvalue weighted by molar-refractivity contribution is 0.449. The van der Waals surface area contributed by atoms with Gasteiger partial charge < -0.3 is 11.1 Å². The van der Waals surface area contributed by atoms with Crippen molar-refractivity contribution in [2.24, 2.45) is 11.7 Å². The molecule has 0 bridgehead atoms. The zero-order chi connectivity index (χ0) is 12.4. The molecule has 0 saturated carbocycles. The van der Waals surface area contributed by atoms with E-state index in [4.69, 9.17) is 5.73 Å². The highest BCUT2D eigenvalue weighted by Crippen LogP contribution is 2.09. The zero-order valence-corrected chi connectivity index (χ0v) is 11.8. The van der Waals surface area contributed by atoms with Crippen LogP contribution in [0.5, 0.6) is 0 Å². The highest BCUT2D eigenvalue weighted by Gasteiger charge is 2.08. The number of nitrogens with one attached hydrogen (secondary N) is 1. The first-order valence-corrected chi connectivity index (χ1v) is 6.91. The van der Waals surface area contributed by atoms with Crippen molar-refractivity contribution in [3.63, 3.8) is 0 Å². The van der Waals surface area contributed by atoms with Gasteiger partial charge in [-0.05, 0) is 45.7 Å². The van der Waals surface area contributed by atoms with Crippen LogP contribution in [0.2, 0.25) is 0 Å². The van der Waals surface area contributed by atoms with Crippen LogP contribution in [0.4, 0.5) is 0 Å². The number of rotatable bonds is 10. The molecule has 0 aliphatic carbocycles. The Morgan fingerprint density at radius 2 is 1.62 bits per heavy atom. The van der Waals surface area contributed by atoms with Crippen molar-refractivity contribution in [3.05, 3.63) is 0 Å². The SMILES string of the molecule is CC(C)CCCCCCNCCC(C)(C)N. The maximum Gasteiger partial charge on any atom is 0.0109 e. The molecule has 16 heavy (non-hydrogen) atoms. The van der Waals surface area contributed by atoms with Crippen molar-refractivity contribution >= 4 is 0 Å². The van der Waals surface area contributed by atoms with Gasteiger partial charge >= 0.3 is 0 Å². The molecule has 0 aliphatic heterocycles. The molecule has 0 rings (SSSR count). The summed E-state index contributed by atoms with van der Waals surface area (Å²) in [7, 11) is 0. The Labute approximate surface area is 102 Å². The summed E-state index contributed by atoms with van der Waals surface area (Å²) in [6.07, 6.45) is 7.90. The molecule has 3 N–H and O–H groups in total. The minimum atomic E-state index is -0.0235. The fraction of sp³-hybridized carbons (Fsp3) is 1.00. The lowest BCUT2D eigenvalue weighted by Gasteiger charge is -2.18. The molecule has 2 heteroatoms. The van der Waals surface area contributed by atoms with E-state index < -0.39 is 0 Å². The average Bonchev–Trinajstić information content (AvgIpc) is 2.13. The van der Waals surface area contributed by atoms with Crippen molar-refractivity contribution in [3.8, 4) is 0 Å². The summed E-state index contributed by atoms with van der Waals surface area (Å²) in [5, 5.41) is 3.46. The minimum absolute atomic E-state index is 0.0235. The van der Waals surface area contributed by atoms with Gasteiger partial charge in [0.05, 0.1) is 0 Å². The van der Waals surface area contributed by atoms with Gasteiger partial charge in [-0.25, -0.2) is 0 Å². The quantitative estimate of drug-likeness (QED) is 0.563. The van der Waals surface area contributed by atoms with Gasteiger partial charge in [0.2, 0.25) is 0 Å². The van der Waals surface area contributed by atoms with Crippen LogP contribution in [0.1, 0.15) is 66.2 Å². The smallest absolute Gasteiger partial charge is 0.0109 e. The van der Waals surface area contributed by atoms with E-state index in [2.05, 4.69) is 33.0 Å². The van der Waals surface area contributed by atoms with E-state index >= 15 is 0 Å². The second kappa shape index (κ2) is 9.00. The van der Waals surface area contributed by atoms with Gasteiger partial charge in [0.15, 0.2) is 0 Å². The van der Waals surface area contributed by atoms with E-state index in [-0.39, 0.29) is 5.54 Å². The summed E-state index contributed by atoms with van der Waals surface area (Å²) in [6, 6.07) is 0. The predicted octanol–water partition coefficient (Wildman–Crippen LogP) is 3.31. The Hall–Kier alpha value is -0.0800. The second-order valence-corrected chi connectivity index (χ2v) is 6.09. The standard InChI is InChI=1S/C14H32N2/c1-13(2)9-7-5-6-8-11-16-12-10-14(3,4)15/h13,16H,5-12,15H2,1-4H3. The summed E-state index contributed by atoms with van der Waals surface area (Å²) in [5.41, 5.74) is 5.88. The van der Waals surface area contributed by atoms with Crippen LogP contribution in [0.3, 0.4) is 0 Å². The molecule has 0 aromatic rings. The molecule has 0 aliphatic rings. The number of hydrogen-bond acceptors (Lipinski definition) is 2. The molecule has 98 valence electrons. The van der Waals surface area contributed by atoms with Gasteiger partial charge in [0.1, 0.15) is 0 Å². The highest BCUT2D eigenvalue weighted by atomic mass is 14.9. The molecule has 0 aromatic heterocycles. The van der Waals surface area contributed by atoms with Crippen LogP contribution in [0, 0.1) is 5.92 Å². The first kappa shape index (κ1) is 15.9. The van der Waals surface area contributed by atoms with Crippen LogP contribution < -0.4 is 11.1 Å². The van der Waals surface area contributed by atoms with Crippen molar-refractivity contribution in [1.29, 1.82) is 0 Å². The molecule has 2 nitrogen and oxygen atoms in total. The average molecular weight is 228 g/mol. The third-order valence-corrected chi connectivity index (χ3v) is 2.83. The Morgan fingerprint density at radius 3 is 2.19 bits per heavy atom. The van der Waals surface area contributed by atoms with Crippen molar-refractivity contribution in [2.75, 3.05) is 13.1 Å². The monoisotopic (exact) mass is 228 g/mol. The maximum atomic E-state index is 5.90. The third-order valence-electron chi connectivity index (χ3n) is 2.83. The Balaban J connectivity index is 3.05. The van der Waals surface area contributed by atoms with Gasteiger partial charge in [-0.3, -0.25) is 0 Å².